The van der Waals surface area contributed by atoms with Gasteiger partial charge in [0.05, 0.1) is 6.54 Å². The van der Waals surface area contributed by atoms with Crippen LogP contribution in [0.1, 0.15) is 49.2 Å². The monoisotopic (exact) mass is 321 g/mol. The number of hydrogen-bond acceptors (Lipinski definition) is 4. The van der Waals surface area contributed by atoms with Crippen LogP contribution in [0.5, 0.6) is 0 Å². The van der Waals surface area contributed by atoms with Gasteiger partial charge in [0.15, 0.2) is 0 Å². The Labute approximate surface area is 137 Å². The van der Waals surface area contributed by atoms with Crippen molar-refractivity contribution in [3.8, 4) is 0 Å². The summed E-state index contributed by atoms with van der Waals surface area (Å²) in [6.45, 7) is 6.71. The number of hydrogen-bond donors (Lipinski definition) is 0. The molecule has 0 atom stereocenters. The third kappa shape index (κ3) is 4.29. The minimum Gasteiger partial charge on any atom is -0.340 e. The molecule has 1 saturated carbocycles. The molecule has 1 aliphatic heterocycles. The minimum atomic E-state index is 0.386. The zero-order valence-electron chi connectivity index (χ0n) is 13.6. The molecule has 4 nitrogen and oxygen atoms in total. The Balaban J connectivity index is 1.41. The lowest BCUT2D eigenvalue weighted by Crippen LogP contribution is -2.48. The lowest BCUT2D eigenvalue weighted by Gasteiger charge is -2.35. The Bertz CT molecular complexity index is 488. The number of nitrogens with zero attached hydrogens (tertiary/aromatic N) is 3. The molecule has 0 N–H and O–H groups in total. The zero-order chi connectivity index (χ0) is 15.4. The Morgan fingerprint density at radius 3 is 2.59 bits per heavy atom. The third-order valence-corrected chi connectivity index (χ3v) is 5.89. The van der Waals surface area contributed by atoms with Gasteiger partial charge in [0.2, 0.25) is 5.91 Å². The molecular formula is C17H27N3OS. The normalized spacial score (nSPS) is 21.2. The van der Waals surface area contributed by atoms with E-state index in [1.54, 1.807) is 11.3 Å². The highest BCUT2D eigenvalue weighted by Crippen LogP contribution is 2.27. The summed E-state index contributed by atoms with van der Waals surface area (Å²) in [6, 6.07) is 0. The van der Waals surface area contributed by atoms with Gasteiger partial charge >= 0.3 is 0 Å². The second-order valence-corrected chi connectivity index (χ2v) is 7.69. The van der Waals surface area contributed by atoms with Gasteiger partial charge in [0.25, 0.3) is 0 Å². The van der Waals surface area contributed by atoms with E-state index >= 15 is 0 Å². The highest BCUT2D eigenvalue weighted by atomic mass is 32.1. The fourth-order valence-corrected chi connectivity index (χ4v) is 4.40. The standard InChI is InChI=1S/C17H27N3OS/c1-14-13-22-16(18-14)12-19-7-9-20(10-8-19)17(21)11-15-5-3-2-4-6-15/h13,15H,2-12H2,1H3. The molecular weight excluding hydrogens is 294 g/mol. The lowest BCUT2D eigenvalue weighted by molar-refractivity contribution is -0.134. The van der Waals surface area contributed by atoms with Crippen molar-refractivity contribution in [3.05, 3.63) is 16.1 Å². The van der Waals surface area contributed by atoms with E-state index in [2.05, 4.69) is 20.2 Å². The number of aromatic nitrogens is 1. The summed E-state index contributed by atoms with van der Waals surface area (Å²) in [6.07, 6.45) is 7.30. The van der Waals surface area contributed by atoms with E-state index in [1.165, 1.54) is 37.1 Å². The Hall–Kier alpha value is -0.940. The first kappa shape index (κ1) is 15.9. The van der Waals surface area contributed by atoms with Crippen molar-refractivity contribution in [2.24, 2.45) is 5.92 Å². The second-order valence-electron chi connectivity index (χ2n) is 6.75. The molecule has 0 radical (unpaired) electrons. The van der Waals surface area contributed by atoms with Crippen LogP contribution < -0.4 is 0 Å². The smallest absolute Gasteiger partial charge is 0.222 e. The average molecular weight is 321 g/mol. The van der Waals surface area contributed by atoms with Crippen LogP contribution in [0.25, 0.3) is 0 Å². The number of thiazole rings is 1. The van der Waals surface area contributed by atoms with Gasteiger partial charge in [0.1, 0.15) is 5.01 Å². The second kappa shape index (κ2) is 7.55. The summed E-state index contributed by atoms with van der Waals surface area (Å²) in [5, 5.41) is 3.30. The van der Waals surface area contributed by atoms with Crippen LogP contribution in [0.15, 0.2) is 5.38 Å². The van der Waals surface area contributed by atoms with E-state index in [-0.39, 0.29) is 0 Å². The van der Waals surface area contributed by atoms with E-state index in [9.17, 15) is 4.79 Å². The molecule has 2 heterocycles. The third-order valence-electron chi connectivity index (χ3n) is 4.94. The van der Waals surface area contributed by atoms with E-state index in [1.807, 2.05) is 6.92 Å². The van der Waals surface area contributed by atoms with E-state index in [0.29, 0.717) is 11.8 Å². The fourth-order valence-electron chi connectivity index (χ4n) is 3.59. The minimum absolute atomic E-state index is 0.386. The van der Waals surface area contributed by atoms with Crippen LogP contribution in [-0.2, 0) is 11.3 Å². The van der Waals surface area contributed by atoms with Gasteiger partial charge in [-0.2, -0.15) is 0 Å². The summed E-state index contributed by atoms with van der Waals surface area (Å²) in [7, 11) is 0. The molecule has 1 aromatic heterocycles. The van der Waals surface area contributed by atoms with Gasteiger partial charge in [-0.15, -0.1) is 11.3 Å². The molecule has 0 bridgehead atoms. The van der Waals surface area contributed by atoms with Crippen LogP contribution in [0.4, 0.5) is 0 Å². The summed E-state index contributed by atoms with van der Waals surface area (Å²) >= 11 is 1.74. The van der Waals surface area contributed by atoms with Crippen LogP contribution in [0.3, 0.4) is 0 Å². The highest BCUT2D eigenvalue weighted by molar-refractivity contribution is 7.09. The van der Waals surface area contributed by atoms with Gasteiger partial charge in [0, 0.05) is 43.7 Å². The highest BCUT2D eigenvalue weighted by Gasteiger charge is 2.24. The number of carbonyl (C=O) groups is 1. The molecule has 2 fully saturated rings. The Kier molecular flexibility index (Phi) is 5.47. The molecule has 0 aromatic carbocycles. The first-order valence-electron chi connectivity index (χ1n) is 8.62. The fraction of sp³-hybridized carbons (Fsp3) is 0.765. The quantitative estimate of drug-likeness (QED) is 0.855. The van der Waals surface area contributed by atoms with Crippen molar-refractivity contribution in [1.82, 2.24) is 14.8 Å². The topological polar surface area (TPSA) is 36.4 Å². The molecule has 3 rings (SSSR count). The summed E-state index contributed by atoms with van der Waals surface area (Å²) < 4.78 is 0. The van der Waals surface area contributed by atoms with Gasteiger partial charge in [-0.25, -0.2) is 4.98 Å². The van der Waals surface area contributed by atoms with Crippen LogP contribution in [0.2, 0.25) is 0 Å². The molecule has 1 aromatic rings. The lowest BCUT2D eigenvalue weighted by atomic mass is 9.86. The van der Waals surface area contributed by atoms with Crippen molar-refractivity contribution in [1.29, 1.82) is 0 Å². The summed E-state index contributed by atoms with van der Waals surface area (Å²) in [5.74, 6) is 1.04. The maximum atomic E-state index is 12.4. The maximum Gasteiger partial charge on any atom is 0.222 e. The van der Waals surface area contributed by atoms with Gasteiger partial charge in [-0.1, -0.05) is 19.3 Å². The number of rotatable bonds is 4. The Morgan fingerprint density at radius 2 is 1.95 bits per heavy atom. The largest absolute Gasteiger partial charge is 0.340 e. The van der Waals surface area contributed by atoms with Crippen molar-refractivity contribution >= 4 is 17.2 Å². The molecule has 122 valence electrons. The molecule has 2 aliphatic rings. The predicted molar refractivity (Wildman–Crippen MR) is 89.9 cm³/mol. The van der Waals surface area contributed by atoms with Gasteiger partial charge < -0.3 is 4.90 Å². The number of amides is 1. The van der Waals surface area contributed by atoms with E-state index < -0.39 is 0 Å². The number of aryl methyl sites for hydroxylation is 1. The molecule has 1 amide bonds. The first-order chi connectivity index (χ1) is 10.7. The first-order valence-corrected chi connectivity index (χ1v) is 9.50. The molecule has 1 saturated heterocycles. The van der Waals surface area contributed by atoms with Crippen LogP contribution >= 0.6 is 11.3 Å². The van der Waals surface area contributed by atoms with Crippen molar-refractivity contribution in [2.75, 3.05) is 26.2 Å². The predicted octanol–water partition coefficient (Wildman–Crippen LogP) is 3.07. The van der Waals surface area contributed by atoms with Crippen molar-refractivity contribution in [2.45, 2.75) is 52.0 Å². The van der Waals surface area contributed by atoms with Crippen molar-refractivity contribution in [3.63, 3.8) is 0 Å². The molecule has 0 unspecified atom stereocenters. The van der Waals surface area contributed by atoms with Gasteiger partial charge in [-0.05, 0) is 25.7 Å². The van der Waals surface area contributed by atoms with E-state index in [4.69, 9.17) is 0 Å². The maximum absolute atomic E-state index is 12.4. The summed E-state index contributed by atoms with van der Waals surface area (Å²) in [4.78, 5) is 21.5. The molecule has 0 spiro atoms. The van der Waals surface area contributed by atoms with Gasteiger partial charge in [-0.3, -0.25) is 9.69 Å². The average Bonchev–Trinajstić information content (AvgIpc) is 2.94. The number of carbonyl (C=O) groups excluding carboxylic acids is 1. The van der Waals surface area contributed by atoms with Crippen LogP contribution in [-0.4, -0.2) is 46.9 Å². The summed E-state index contributed by atoms with van der Waals surface area (Å²) in [5.41, 5.74) is 1.11. The zero-order valence-corrected chi connectivity index (χ0v) is 14.4. The molecule has 5 heteroatoms. The van der Waals surface area contributed by atoms with Crippen LogP contribution in [0, 0.1) is 12.8 Å². The molecule has 1 aliphatic carbocycles. The number of piperazine rings is 1. The molecule has 22 heavy (non-hydrogen) atoms. The van der Waals surface area contributed by atoms with Crippen molar-refractivity contribution < 1.29 is 4.79 Å². The SMILES string of the molecule is Cc1csc(CN2CCN(C(=O)CC3CCCCC3)CC2)n1. The Morgan fingerprint density at radius 1 is 1.23 bits per heavy atom. The van der Waals surface area contributed by atoms with E-state index in [0.717, 1.165) is 44.8 Å².